The third-order valence-electron chi connectivity index (χ3n) is 3.01. The molecule has 1 saturated carbocycles. The maximum absolute atomic E-state index is 11.9. The first-order chi connectivity index (χ1) is 8.32. The molecule has 2 N–H and O–H groups in total. The maximum atomic E-state index is 11.9. The lowest BCUT2D eigenvalue weighted by Crippen LogP contribution is -2.57. The number of hydrogen-bond acceptors (Lipinski definition) is 3. The molecule has 18 heavy (non-hydrogen) atoms. The van der Waals surface area contributed by atoms with E-state index < -0.39 is 30.7 Å². The summed E-state index contributed by atoms with van der Waals surface area (Å²) in [7, 11) is 0. The van der Waals surface area contributed by atoms with Crippen LogP contribution >= 0.6 is 0 Å². The average molecular weight is 269 g/mol. The van der Waals surface area contributed by atoms with Crippen molar-refractivity contribution in [3.63, 3.8) is 0 Å². The Bertz CT molecular complexity index is 292. The molecule has 1 unspecified atom stereocenters. The van der Waals surface area contributed by atoms with Gasteiger partial charge in [0.2, 0.25) is 0 Å². The number of rotatable bonds is 8. The quantitative estimate of drug-likeness (QED) is 0.660. The topological polar surface area (TPSA) is 58.6 Å². The molecule has 106 valence electrons. The van der Waals surface area contributed by atoms with Crippen LogP contribution in [0.4, 0.5) is 13.2 Å². The average Bonchev–Trinajstić information content (AvgIpc) is 3.04. The van der Waals surface area contributed by atoms with Crippen molar-refractivity contribution in [3.8, 4) is 0 Å². The smallest absolute Gasteiger partial charge is 0.391 e. The van der Waals surface area contributed by atoms with Crippen LogP contribution in [0.25, 0.3) is 0 Å². The van der Waals surface area contributed by atoms with Gasteiger partial charge in [0.25, 0.3) is 0 Å². The Balaban J connectivity index is 2.49. The zero-order valence-corrected chi connectivity index (χ0v) is 10.2. The van der Waals surface area contributed by atoms with E-state index in [1.165, 1.54) is 0 Å². The molecule has 0 aromatic heterocycles. The van der Waals surface area contributed by atoms with E-state index in [0.29, 0.717) is 6.54 Å². The maximum Gasteiger partial charge on any atom is 0.391 e. The van der Waals surface area contributed by atoms with Gasteiger partial charge in [0, 0.05) is 0 Å². The van der Waals surface area contributed by atoms with Gasteiger partial charge in [-0.1, -0.05) is 6.92 Å². The minimum atomic E-state index is -4.27. The van der Waals surface area contributed by atoms with Crippen LogP contribution in [0.15, 0.2) is 0 Å². The largest absolute Gasteiger partial charge is 0.480 e. The summed E-state index contributed by atoms with van der Waals surface area (Å²) in [5, 5.41) is 12.1. The van der Waals surface area contributed by atoms with Crippen LogP contribution in [-0.2, 0) is 9.53 Å². The predicted molar refractivity (Wildman–Crippen MR) is 58.3 cm³/mol. The SMILES string of the molecule is CCNC(COCCC(F)(F)F)(C(=O)O)C1CC1. The first-order valence-corrected chi connectivity index (χ1v) is 5.94. The van der Waals surface area contributed by atoms with Crippen molar-refractivity contribution in [2.75, 3.05) is 19.8 Å². The number of carboxylic acids is 1. The van der Waals surface area contributed by atoms with Gasteiger partial charge in [-0.15, -0.1) is 0 Å². The number of likely N-dealkylation sites (N-methyl/N-ethyl adjacent to an activating group) is 1. The minimum absolute atomic E-state index is 0.0548. The van der Waals surface area contributed by atoms with E-state index in [-0.39, 0.29) is 12.5 Å². The summed E-state index contributed by atoms with van der Waals surface area (Å²) in [6.07, 6.45) is -3.80. The van der Waals surface area contributed by atoms with E-state index in [1.807, 2.05) is 0 Å². The zero-order chi connectivity index (χ0) is 13.8. The molecule has 0 bridgehead atoms. The summed E-state index contributed by atoms with van der Waals surface area (Å²) in [4.78, 5) is 11.3. The van der Waals surface area contributed by atoms with Crippen molar-refractivity contribution in [2.24, 2.45) is 5.92 Å². The van der Waals surface area contributed by atoms with Crippen molar-refractivity contribution in [1.29, 1.82) is 0 Å². The van der Waals surface area contributed by atoms with E-state index in [2.05, 4.69) is 5.32 Å². The Morgan fingerprint density at radius 1 is 1.44 bits per heavy atom. The summed E-state index contributed by atoms with van der Waals surface area (Å²) in [5.41, 5.74) is -1.24. The van der Waals surface area contributed by atoms with E-state index in [9.17, 15) is 23.1 Å². The number of alkyl halides is 3. The summed E-state index contributed by atoms with van der Waals surface area (Å²) in [5.74, 6) is -1.11. The van der Waals surface area contributed by atoms with Crippen molar-refractivity contribution in [1.82, 2.24) is 5.32 Å². The molecule has 0 aromatic carbocycles. The fourth-order valence-electron chi connectivity index (χ4n) is 1.94. The first-order valence-electron chi connectivity index (χ1n) is 5.94. The molecule has 1 aliphatic carbocycles. The van der Waals surface area contributed by atoms with Gasteiger partial charge in [-0.3, -0.25) is 10.1 Å². The van der Waals surface area contributed by atoms with Crippen LogP contribution in [0.5, 0.6) is 0 Å². The van der Waals surface area contributed by atoms with Crippen LogP contribution in [-0.4, -0.2) is 42.5 Å². The fraction of sp³-hybridized carbons (Fsp3) is 0.909. The van der Waals surface area contributed by atoms with Gasteiger partial charge in [-0.25, -0.2) is 0 Å². The lowest BCUT2D eigenvalue weighted by Gasteiger charge is -2.30. The highest BCUT2D eigenvalue weighted by Crippen LogP contribution is 2.40. The standard InChI is InChI=1S/C11H18F3NO3/c1-2-15-10(9(16)17,8-3-4-8)7-18-6-5-11(12,13)14/h8,15H,2-7H2,1H3,(H,16,17). The van der Waals surface area contributed by atoms with E-state index in [1.54, 1.807) is 6.92 Å². The molecule has 0 aromatic rings. The number of nitrogens with one attached hydrogen (secondary N) is 1. The molecule has 7 heteroatoms. The van der Waals surface area contributed by atoms with Gasteiger partial charge in [-0.2, -0.15) is 13.2 Å². The summed E-state index contributed by atoms with van der Waals surface area (Å²) in [6.45, 7) is 1.47. The van der Waals surface area contributed by atoms with Gasteiger partial charge < -0.3 is 9.84 Å². The molecule has 1 aliphatic rings. The minimum Gasteiger partial charge on any atom is -0.480 e. The summed E-state index contributed by atoms with van der Waals surface area (Å²) in [6, 6.07) is 0. The number of aliphatic carboxylic acids is 1. The lowest BCUT2D eigenvalue weighted by atomic mass is 9.94. The number of carbonyl (C=O) groups is 1. The van der Waals surface area contributed by atoms with Crippen LogP contribution in [0.3, 0.4) is 0 Å². The Morgan fingerprint density at radius 3 is 2.44 bits per heavy atom. The third-order valence-corrected chi connectivity index (χ3v) is 3.01. The Labute approximate surface area is 103 Å². The van der Waals surface area contributed by atoms with Gasteiger partial charge in [-0.05, 0) is 25.3 Å². The number of halogens is 3. The van der Waals surface area contributed by atoms with Crippen molar-refractivity contribution < 1.29 is 27.8 Å². The molecule has 0 heterocycles. The zero-order valence-electron chi connectivity index (χ0n) is 10.2. The molecule has 0 radical (unpaired) electrons. The highest BCUT2D eigenvalue weighted by Gasteiger charge is 2.51. The highest BCUT2D eigenvalue weighted by atomic mass is 19.4. The normalized spacial score (nSPS) is 19.6. The van der Waals surface area contributed by atoms with Gasteiger partial charge in [0.1, 0.15) is 5.54 Å². The van der Waals surface area contributed by atoms with Crippen LogP contribution in [0.1, 0.15) is 26.2 Å². The number of carboxylic acid groups (broad SMARTS) is 1. The van der Waals surface area contributed by atoms with Crippen molar-refractivity contribution in [2.45, 2.75) is 37.9 Å². The van der Waals surface area contributed by atoms with Crippen molar-refractivity contribution in [3.05, 3.63) is 0 Å². The highest BCUT2D eigenvalue weighted by molar-refractivity contribution is 5.80. The van der Waals surface area contributed by atoms with Crippen molar-refractivity contribution >= 4 is 5.97 Å². The predicted octanol–water partition coefficient (Wildman–Crippen LogP) is 1.80. The van der Waals surface area contributed by atoms with E-state index in [0.717, 1.165) is 12.8 Å². The molecular formula is C11H18F3NO3. The molecule has 0 saturated heterocycles. The number of hydrogen-bond donors (Lipinski definition) is 2. The van der Waals surface area contributed by atoms with Gasteiger partial charge in [0.05, 0.1) is 19.6 Å². The van der Waals surface area contributed by atoms with Gasteiger partial charge in [0.15, 0.2) is 0 Å². The van der Waals surface area contributed by atoms with E-state index >= 15 is 0 Å². The molecule has 0 amide bonds. The number of ether oxygens (including phenoxy) is 1. The monoisotopic (exact) mass is 269 g/mol. The van der Waals surface area contributed by atoms with Crippen LogP contribution in [0.2, 0.25) is 0 Å². The summed E-state index contributed by atoms with van der Waals surface area (Å²) >= 11 is 0. The molecule has 1 atom stereocenters. The third kappa shape index (κ3) is 4.13. The molecule has 1 rings (SSSR count). The molecule has 0 spiro atoms. The van der Waals surface area contributed by atoms with E-state index in [4.69, 9.17) is 4.74 Å². The fourth-order valence-corrected chi connectivity index (χ4v) is 1.94. The Hall–Kier alpha value is -0.820. The van der Waals surface area contributed by atoms with Crippen LogP contribution in [0, 0.1) is 5.92 Å². The van der Waals surface area contributed by atoms with Crippen LogP contribution < -0.4 is 5.32 Å². The molecule has 4 nitrogen and oxygen atoms in total. The summed E-state index contributed by atoms with van der Waals surface area (Å²) < 4.78 is 40.8. The lowest BCUT2D eigenvalue weighted by molar-refractivity contribution is -0.155. The first kappa shape index (κ1) is 15.2. The molecular weight excluding hydrogens is 251 g/mol. The Morgan fingerprint density at radius 2 is 2.06 bits per heavy atom. The second-order valence-electron chi connectivity index (χ2n) is 4.50. The second kappa shape index (κ2) is 5.88. The second-order valence-corrected chi connectivity index (χ2v) is 4.50. The van der Waals surface area contributed by atoms with Gasteiger partial charge >= 0.3 is 12.1 Å². The molecule has 1 fully saturated rings. The Kier molecular flexibility index (Phi) is 4.98. The molecule has 0 aliphatic heterocycles.